The van der Waals surface area contributed by atoms with Crippen LogP contribution in [0.4, 0.5) is 0 Å². The van der Waals surface area contributed by atoms with E-state index in [2.05, 4.69) is 63.3 Å². The van der Waals surface area contributed by atoms with Gasteiger partial charge in [-0.3, -0.25) is 9.88 Å². The van der Waals surface area contributed by atoms with Gasteiger partial charge in [-0.25, -0.2) is 4.98 Å². The van der Waals surface area contributed by atoms with E-state index in [1.807, 2.05) is 12.3 Å². The van der Waals surface area contributed by atoms with Crippen LogP contribution in [0.2, 0.25) is 0 Å². The highest BCUT2D eigenvalue weighted by molar-refractivity contribution is 7.17. The number of hydrogen-bond acceptors (Lipinski definition) is 4. The number of imidazole rings is 1. The van der Waals surface area contributed by atoms with Crippen molar-refractivity contribution in [3.63, 3.8) is 0 Å². The fourth-order valence-electron chi connectivity index (χ4n) is 3.71. The van der Waals surface area contributed by atoms with Crippen molar-refractivity contribution in [2.75, 3.05) is 6.54 Å². The summed E-state index contributed by atoms with van der Waals surface area (Å²) in [4.78, 5) is 11.6. The smallest absolute Gasteiger partial charge is 0.123 e. The lowest BCUT2D eigenvalue weighted by molar-refractivity contribution is 0.163. The van der Waals surface area contributed by atoms with Gasteiger partial charge in [0.2, 0.25) is 0 Å². The summed E-state index contributed by atoms with van der Waals surface area (Å²) in [6.45, 7) is 5.20. The molecule has 1 atom stereocenters. The maximum absolute atomic E-state index is 4.87. The molecule has 0 bridgehead atoms. The standard InChI is InChI=1S/C21H20N4S/c1-15(16-4-5-20-17(11-16)6-10-26-20)24-8-9-25-13-19(23-21(25)14-24)18-3-2-7-22-12-18/h2-7,10-13,15H,8-9,14H2,1H3. The summed E-state index contributed by atoms with van der Waals surface area (Å²) < 4.78 is 3.64. The number of thiophene rings is 1. The normalized spacial score (nSPS) is 15.9. The van der Waals surface area contributed by atoms with Crippen molar-refractivity contribution in [3.8, 4) is 11.3 Å². The molecule has 5 heteroatoms. The maximum atomic E-state index is 4.87. The molecule has 0 aliphatic carbocycles. The van der Waals surface area contributed by atoms with Crippen LogP contribution < -0.4 is 0 Å². The van der Waals surface area contributed by atoms with E-state index >= 15 is 0 Å². The van der Waals surface area contributed by atoms with Gasteiger partial charge in [-0.05, 0) is 53.6 Å². The SMILES string of the molecule is CC(c1ccc2sccc2c1)N1CCn2cc(-c3cccnc3)nc2C1. The van der Waals surface area contributed by atoms with Crippen LogP contribution in [0, 0.1) is 0 Å². The molecule has 0 amide bonds. The number of hydrogen-bond donors (Lipinski definition) is 0. The van der Waals surface area contributed by atoms with Gasteiger partial charge in [-0.1, -0.05) is 6.07 Å². The van der Waals surface area contributed by atoms with Crippen molar-refractivity contribution in [1.29, 1.82) is 0 Å². The molecule has 0 spiro atoms. The summed E-state index contributed by atoms with van der Waals surface area (Å²) >= 11 is 1.80. The Hall–Kier alpha value is -2.50. The molecule has 1 aliphatic rings. The average molecular weight is 360 g/mol. The zero-order chi connectivity index (χ0) is 17.5. The predicted octanol–water partition coefficient (Wildman–Crippen LogP) is 4.74. The van der Waals surface area contributed by atoms with E-state index in [1.165, 1.54) is 15.6 Å². The Morgan fingerprint density at radius 1 is 1.15 bits per heavy atom. The average Bonchev–Trinajstić information content (AvgIpc) is 3.33. The molecule has 26 heavy (non-hydrogen) atoms. The zero-order valence-electron chi connectivity index (χ0n) is 14.7. The van der Waals surface area contributed by atoms with E-state index in [1.54, 1.807) is 17.5 Å². The van der Waals surface area contributed by atoms with Crippen molar-refractivity contribution < 1.29 is 0 Å². The third kappa shape index (κ3) is 2.73. The molecule has 1 aliphatic heterocycles. The number of benzene rings is 1. The number of fused-ring (bicyclic) bond motifs is 2. The molecule has 1 unspecified atom stereocenters. The van der Waals surface area contributed by atoms with Gasteiger partial charge in [-0.15, -0.1) is 11.3 Å². The molecule has 0 fully saturated rings. The first kappa shape index (κ1) is 15.7. The number of rotatable bonds is 3. The van der Waals surface area contributed by atoms with Gasteiger partial charge in [0, 0.05) is 48.0 Å². The van der Waals surface area contributed by atoms with Crippen molar-refractivity contribution in [3.05, 3.63) is 71.8 Å². The topological polar surface area (TPSA) is 34.0 Å². The lowest BCUT2D eigenvalue weighted by Crippen LogP contribution is -2.35. The van der Waals surface area contributed by atoms with Crippen molar-refractivity contribution >= 4 is 21.4 Å². The first-order chi connectivity index (χ1) is 12.8. The summed E-state index contributed by atoms with van der Waals surface area (Å²) in [7, 11) is 0. The van der Waals surface area contributed by atoms with Gasteiger partial charge < -0.3 is 4.57 Å². The van der Waals surface area contributed by atoms with Crippen LogP contribution in [0.15, 0.2) is 60.4 Å². The molecular formula is C21H20N4S. The van der Waals surface area contributed by atoms with Crippen molar-refractivity contribution in [1.82, 2.24) is 19.4 Å². The molecule has 4 aromatic rings. The van der Waals surface area contributed by atoms with E-state index in [0.29, 0.717) is 6.04 Å². The molecule has 0 N–H and O–H groups in total. The molecule has 0 radical (unpaired) electrons. The van der Waals surface area contributed by atoms with Crippen LogP contribution in [-0.4, -0.2) is 26.0 Å². The molecule has 4 heterocycles. The highest BCUT2D eigenvalue weighted by Crippen LogP contribution is 2.30. The first-order valence-corrected chi connectivity index (χ1v) is 9.83. The first-order valence-electron chi connectivity index (χ1n) is 8.95. The number of nitrogens with zero attached hydrogens (tertiary/aromatic N) is 4. The highest BCUT2D eigenvalue weighted by Gasteiger charge is 2.23. The molecule has 0 saturated heterocycles. The molecule has 4 nitrogen and oxygen atoms in total. The van der Waals surface area contributed by atoms with Crippen molar-refractivity contribution in [2.45, 2.75) is 26.1 Å². The summed E-state index contributed by atoms with van der Waals surface area (Å²) in [6.07, 6.45) is 5.84. The minimum absolute atomic E-state index is 0.381. The Kier molecular flexibility index (Phi) is 3.84. The highest BCUT2D eigenvalue weighted by atomic mass is 32.1. The van der Waals surface area contributed by atoms with Crippen LogP contribution in [0.1, 0.15) is 24.4 Å². The van der Waals surface area contributed by atoms with Gasteiger partial charge >= 0.3 is 0 Å². The maximum Gasteiger partial charge on any atom is 0.123 e. The van der Waals surface area contributed by atoms with Crippen LogP contribution in [-0.2, 0) is 13.1 Å². The second-order valence-corrected chi connectivity index (χ2v) is 7.79. The fourth-order valence-corrected chi connectivity index (χ4v) is 4.48. The molecule has 5 rings (SSSR count). The Morgan fingerprint density at radius 2 is 2.12 bits per heavy atom. The third-order valence-electron chi connectivity index (χ3n) is 5.30. The Morgan fingerprint density at radius 3 is 3.00 bits per heavy atom. The van der Waals surface area contributed by atoms with Crippen LogP contribution in [0.25, 0.3) is 21.3 Å². The summed E-state index contributed by atoms with van der Waals surface area (Å²) in [5, 5.41) is 3.51. The van der Waals surface area contributed by atoms with Gasteiger partial charge in [0.25, 0.3) is 0 Å². The summed E-state index contributed by atoms with van der Waals surface area (Å²) in [6, 6.07) is 13.5. The van der Waals surface area contributed by atoms with Crippen LogP contribution >= 0.6 is 11.3 Å². The summed E-state index contributed by atoms with van der Waals surface area (Å²) in [5.74, 6) is 1.14. The van der Waals surface area contributed by atoms with Crippen LogP contribution in [0.5, 0.6) is 0 Å². The molecule has 1 aromatic carbocycles. The second-order valence-electron chi connectivity index (χ2n) is 6.84. The summed E-state index contributed by atoms with van der Waals surface area (Å²) in [5.41, 5.74) is 3.47. The van der Waals surface area contributed by atoms with E-state index in [0.717, 1.165) is 36.7 Å². The van der Waals surface area contributed by atoms with Gasteiger partial charge in [-0.2, -0.15) is 0 Å². The molecular weight excluding hydrogens is 340 g/mol. The monoisotopic (exact) mass is 360 g/mol. The lowest BCUT2D eigenvalue weighted by atomic mass is 10.0. The van der Waals surface area contributed by atoms with E-state index in [-0.39, 0.29) is 0 Å². The van der Waals surface area contributed by atoms with E-state index < -0.39 is 0 Å². The zero-order valence-corrected chi connectivity index (χ0v) is 15.5. The molecule has 0 saturated carbocycles. The number of pyridine rings is 1. The quantitative estimate of drug-likeness (QED) is 0.529. The third-order valence-corrected chi connectivity index (χ3v) is 6.19. The van der Waals surface area contributed by atoms with Crippen LogP contribution in [0.3, 0.4) is 0 Å². The molecule has 3 aromatic heterocycles. The lowest BCUT2D eigenvalue weighted by Gasteiger charge is -2.33. The Balaban J connectivity index is 1.40. The largest absolute Gasteiger partial charge is 0.332 e. The minimum atomic E-state index is 0.381. The van der Waals surface area contributed by atoms with Crippen molar-refractivity contribution in [2.24, 2.45) is 0 Å². The minimum Gasteiger partial charge on any atom is -0.332 e. The van der Waals surface area contributed by atoms with E-state index in [9.17, 15) is 0 Å². The van der Waals surface area contributed by atoms with Gasteiger partial charge in [0.1, 0.15) is 5.82 Å². The second kappa shape index (κ2) is 6.34. The van der Waals surface area contributed by atoms with E-state index in [4.69, 9.17) is 4.98 Å². The van der Waals surface area contributed by atoms with Gasteiger partial charge in [0.15, 0.2) is 0 Å². The Bertz CT molecular complexity index is 1050. The fraction of sp³-hybridized carbons (Fsp3) is 0.238. The Labute approximate surface area is 156 Å². The molecule has 130 valence electrons. The predicted molar refractivity (Wildman–Crippen MR) is 106 cm³/mol. The number of aromatic nitrogens is 3. The van der Waals surface area contributed by atoms with Gasteiger partial charge in [0.05, 0.1) is 12.2 Å².